The van der Waals surface area contributed by atoms with E-state index in [1.54, 1.807) is 0 Å². The van der Waals surface area contributed by atoms with Gasteiger partial charge in [-0.05, 0) is 0 Å². The Bertz CT molecular complexity index is 670. The van der Waals surface area contributed by atoms with Crippen molar-refractivity contribution in [2.75, 3.05) is 5.32 Å². The van der Waals surface area contributed by atoms with Gasteiger partial charge >= 0.3 is 5.69 Å². The van der Waals surface area contributed by atoms with Gasteiger partial charge in [-0.2, -0.15) is 8.78 Å². The third kappa shape index (κ3) is 1.69. The van der Waals surface area contributed by atoms with Crippen molar-refractivity contribution in [3.8, 4) is 0 Å². The molecule has 2 rings (SSSR count). The Balaban J connectivity index is 2.84. The topological polar surface area (TPSA) is 122 Å². The van der Waals surface area contributed by atoms with E-state index < -0.39 is 50.9 Å². The number of hydrogen-bond acceptors (Lipinski definition) is 6. The molecule has 0 bridgehead atoms. The summed E-state index contributed by atoms with van der Waals surface area (Å²) >= 11 is 0. The number of nitrogens with zero attached hydrogens (tertiary/aromatic N) is 2. The number of carbonyl (C=O) groups is 2. The lowest BCUT2D eigenvalue weighted by molar-refractivity contribution is -0.390. The van der Waals surface area contributed by atoms with E-state index in [0.717, 1.165) is 0 Å². The van der Waals surface area contributed by atoms with E-state index >= 15 is 0 Å². The number of nitrogens with one attached hydrogen (secondary N) is 1. The molecular weight excluding hydrogens is 268 g/mol. The molecule has 19 heavy (non-hydrogen) atoms. The van der Waals surface area contributed by atoms with Gasteiger partial charge in [0.15, 0.2) is 5.71 Å². The fourth-order valence-electron chi connectivity index (χ4n) is 1.60. The maximum atomic E-state index is 13.8. The van der Waals surface area contributed by atoms with Gasteiger partial charge in [-0.3, -0.25) is 19.7 Å². The summed E-state index contributed by atoms with van der Waals surface area (Å²) in [6.45, 7) is 0. The quantitative estimate of drug-likeness (QED) is 0.334. The second-order valence-electron chi connectivity index (χ2n) is 3.43. The zero-order chi connectivity index (χ0) is 14.3. The van der Waals surface area contributed by atoms with Crippen LogP contribution in [0, 0.1) is 21.7 Å². The molecule has 0 spiro atoms. The molecule has 10 heteroatoms. The average molecular weight is 271 g/mol. The lowest BCUT2D eigenvalue weighted by atomic mass is 9.98. The summed E-state index contributed by atoms with van der Waals surface area (Å²) in [4.78, 5) is 31.6. The molecular formula is C9H3F2N3O5. The molecule has 0 aliphatic carbocycles. The highest BCUT2D eigenvalue weighted by Gasteiger charge is 2.38. The largest absolute Gasteiger partial charge is 0.410 e. The van der Waals surface area contributed by atoms with E-state index in [1.807, 2.05) is 5.32 Å². The molecule has 0 atom stereocenters. The zero-order valence-electron chi connectivity index (χ0n) is 8.81. The van der Waals surface area contributed by atoms with Crippen LogP contribution in [0.5, 0.6) is 0 Å². The SMILES string of the molecule is O=C1Nc2cc(F)c([N+](=O)[O-])c(F)c2C(=NO)C1=O. The van der Waals surface area contributed by atoms with E-state index in [0.29, 0.717) is 6.07 Å². The molecule has 2 N–H and O–H groups in total. The number of fused-ring (bicyclic) bond motifs is 1. The number of hydrogen-bond donors (Lipinski definition) is 2. The molecule has 1 amide bonds. The van der Waals surface area contributed by atoms with Crippen molar-refractivity contribution in [3.63, 3.8) is 0 Å². The average Bonchev–Trinajstić information content (AvgIpc) is 2.31. The first kappa shape index (κ1) is 12.5. The normalized spacial score (nSPS) is 16.2. The van der Waals surface area contributed by atoms with Gasteiger partial charge < -0.3 is 10.5 Å². The van der Waals surface area contributed by atoms with E-state index in [2.05, 4.69) is 5.16 Å². The van der Waals surface area contributed by atoms with Gasteiger partial charge in [0.1, 0.15) is 0 Å². The summed E-state index contributed by atoms with van der Waals surface area (Å²) in [6.07, 6.45) is 0. The number of ketones is 1. The highest BCUT2D eigenvalue weighted by atomic mass is 19.1. The number of carbonyl (C=O) groups excluding carboxylic acids is 2. The van der Waals surface area contributed by atoms with Crippen molar-refractivity contribution >= 4 is 28.8 Å². The molecule has 98 valence electrons. The second-order valence-corrected chi connectivity index (χ2v) is 3.43. The number of anilines is 1. The molecule has 8 nitrogen and oxygen atoms in total. The standard InChI is InChI=1S/C9H3F2N3O5/c10-2-1-3-4(5(11)7(2)14(18)19)6(13-17)8(15)9(16)12-3/h1,17H,(H,12,16). The Morgan fingerprint density at radius 1 is 1.37 bits per heavy atom. The summed E-state index contributed by atoms with van der Waals surface area (Å²) in [7, 11) is 0. The van der Waals surface area contributed by atoms with Crippen molar-refractivity contribution in [2.24, 2.45) is 5.16 Å². The third-order valence-corrected chi connectivity index (χ3v) is 2.38. The van der Waals surface area contributed by atoms with E-state index in [-0.39, 0.29) is 0 Å². The minimum Gasteiger partial charge on any atom is -0.410 e. The number of rotatable bonds is 1. The maximum Gasteiger partial charge on any atom is 0.340 e. The van der Waals surface area contributed by atoms with Crippen LogP contribution in [0.4, 0.5) is 20.2 Å². The summed E-state index contributed by atoms with van der Waals surface area (Å²) in [5.74, 6) is -5.91. The van der Waals surface area contributed by atoms with Crippen LogP contribution < -0.4 is 5.32 Å². The molecule has 1 aromatic carbocycles. The molecule has 1 heterocycles. The Morgan fingerprint density at radius 2 is 2.00 bits per heavy atom. The van der Waals surface area contributed by atoms with Crippen molar-refractivity contribution in [2.45, 2.75) is 0 Å². The Labute approximate surface area is 102 Å². The fourth-order valence-corrected chi connectivity index (χ4v) is 1.60. The summed E-state index contributed by atoms with van der Waals surface area (Å²) in [5.41, 5.74) is -3.90. The van der Waals surface area contributed by atoms with Crippen LogP contribution >= 0.6 is 0 Å². The van der Waals surface area contributed by atoms with Crippen LogP contribution in [0.2, 0.25) is 0 Å². The number of amides is 1. The maximum absolute atomic E-state index is 13.8. The van der Waals surface area contributed by atoms with Crippen LogP contribution in [0.25, 0.3) is 0 Å². The van der Waals surface area contributed by atoms with Gasteiger partial charge in [-0.15, -0.1) is 0 Å². The number of nitro benzene ring substituents is 1. The molecule has 1 aromatic rings. The number of Topliss-reactive ketones (excluding diaryl/α,β-unsaturated/α-hetero) is 1. The number of benzene rings is 1. The number of halogens is 2. The minimum atomic E-state index is -1.71. The zero-order valence-corrected chi connectivity index (χ0v) is 8.81. The number of nitro groups is 1. The van der Waals surface area contributed by atoms with Crippen LogP contribution in [0.1, 0.15) is 5.56 Å². The monoisotopic (exact) mass is 271 g/mol. The van der Waals surface area contributed by atoms with Gasteiger partial charge in [0, 0.05) is 6.07 Å². The van der Waals surface area contributed by atoms with Crippen LogP contribution in [-0.2, 0) is 9.59 Å². The summed E-state index contributed by atoms with van der Waals surface area (Å²) in [6, 6.07) is 0.464. The van der Waals surface area contributed by atoms with Gasteiger partial charge in [0.2, 0.25) is 11.6 Å². The van der Waals surface area contributed by atoms with Crippen molar-refractivity contribution < 1.29 is 28.5 Å². The summed E-state index contributed by atoms with van der Waals surface area (Å²) in [5, 5.41) is 23.4. The van der Waals surface area contributed by atoms with Crippen LogP contribution in [-0.4, -0.2) is 27.5 Å². The molecule has 0 unspecified atom stereocenters. The smallest absolute Gasteiger partial charge is 0.340 e. The lowest BCUT2D eigenvalue weighted by Gasteiger charge is -2.17. The first-order chi connectivity index (χ1) is 8.88. The van der Waals surface area contributed by atoms with Gasteiger partial charge in [0.05, 0.1) is 16.2 Å². The molecule has 1 aliphatic rings. The highest BCUT2D eigenvalue weighted by molar-refractivity contribution is 6.72. The predicted molar refractivity (Wildman–Crippen MR) is 55.0 cm³/mol. The summed E-state index contributed by atoms with van der Waals surface area (Å²) < 4.78 is 27.2. The van der Waals surface area contributed by atoms with Crippen molar-refractivity contribution in [1.82, 2.24) is 0 Å². The fraction of sp³-hybridized carbons (Fsp3) is 0. The Morgan fingerprint density at radius 3 is 2.53 bits per heavy atom. The van der Waals surface area contributed by atoms with E-state index in [1.165, 1.54) is 0 Å². The number of oxime groups is 1. The van der Waals surface area contributed by atoms with Crippen LogP contribution in [0.3, 0.4) is 0 Å². The van der Waals surface area contributed by atoms with Gasteiger partial charge in [-0.25, -0.2) is 0 Å². The highest BCUT2D eigenvalue weighted by Crippen LogP contribution is 2.33. The van der Waals surface area contributed by atoms with Gasteiger partial charge in [0.25, 0.3) is 11.7 Å². The van der Waals surface area contributed by atoms with E-state index in [9.17, 15) is 28.5 Å². The van der Waals surface area contributed by atoms with Gasteiger partial charge in [-0.1, -0.05) is 5.16 Å². The molecule has 0 fully saturated rings. The second kappa shape index (κ2) is 4.08. The minimum absolute atomic E-state index is 0.464. The molecule has 0 saturated carbocycles. The van der Waals surface area contributed by atoms with E-state index in [4.69, 9.17) is 5.21 Å². The molecule has 1 aliphatic heterocycles. The van der Waals surface area contributed by atoms with Crippen molar-refractivity contribution in [1.29, 1.82) is 0 Å². The Kier molecular flexibility index (Phi) is 2.70. The molecule has 0 aromatic heterocycles. The first-order valence-electron chi connectivity index (χ1n) is 4.63. The lowest BCUT2D eigenvalue weighted by Crippen LogP contribution is -2.37. The Hall–Kier alpha value is -2.91. The molecule has 0 radical (unpaired) electrons. The van der Waals surface area contributed by atoms with Crippen LogP contribution in [0.15, 0.2) is 11.2 Å². The first-order valence-corrected chi connectivity index (χ1v) is 4.63. The predicted octanol–water partition coefficient (Wildman–Crippen LogP) is 0.573. The van der Waals surface area contributed by atoms with Crippen molar-refractivity contribution in [3.05, 3.63) is 33.4 Å². The third-order valence-electron chi connectivity index (χ3n) is 2.38. The molecule has 0 saturated heterocycles.